The van der Waals surface area contributed by atoms with Crippen LogP contribution in [0, 0.1) is 19.7 Å². The van der Waals surface area contributed by atoms with Gasteiger partial charge in [-0.15, -0.1) is 0 Å². The number of aromatic nitrogens is 2. The lowest BCUT2D eigenvalue weighted by Gasteiger charge is -2.27. The molecule has 0 spiro atoms. The first-order valence-corrected chi connectivity index (χ1v) is 14.2. The molecule has 5 aromatic rings. The number of carbonyl (C=O) groups excluding carboxylic acids is 1. The van der Waals surface area contributed by atoms with E-state index in [9.17, 15) is 14.3 Å². The first-order chi connectivity index (χ1) is 20.8. The number of aromatic amines is 1. The second kappa shape index (κ2) is 11.6. The number of phenols is 1. The van der Waals surface area contributed by atoms with E-state index in [2.05, 4.69) is 10.2 Å². The molecule has 1 aliphatic heterocycles. The van der Waals surface area contributed by atoms with Crippen LogP contribution < -0.4 is 9.47 Å². The van der Waals surface area contributed by atoms with Crippen molar-refractivity contribution in [2.45, 2.75) is 40.0 Å². The number of amides is 1. The number of hydrogen-bond donors (Lipinski definition) is 2. The standard InChI is InChI=1S/C35H32FN3O4/c1-4-42-29-18-25(12-15-28(29)43-20-24-8-6-5-7-9-24)33-30-31(27-17-21(2)16-22(3)34(27)40)37-38-32(30)35(41)39(33)19-23-10-13-26(36)14-11-23/h5-18,33,40H,4,19-20H2,1-3H3,(H,37,38). The SMILES string of the molecule is CCOc1cc(C2c3c(-c4cc(C)cc(C)c4O)n[nH]c3C(=O)N2Cc2ccc(F)cc2)ccc1OCc1ccccc1. The highest BCUT2D eigenvalue weighted by Gasteiger charge is 2.43. The summed E-state index contributed by atoms with van der Waals surface area (Å²) in [6.07, 6.45) is 0. The zero-order valence-corrected chi connectivity index (χ0v) is 24.2. The molecule has 1 aliphatic rings. The van der Waals surface area contributed by atoms with E-state index in [1.165, 1.54) is 12.1 Å². The van der Waals surface area contributed by atoms with Gasteiger partial charge in [0, 0.05) is 17.7 Å². The van der Waals surface area contributed by atoms with Crippen LogP contribution in [0.3, 0.4) is 0 Å². The molecular formula is C35H32FN3O4. The topological polar surface area (TPSA) is 87.7 Å². The highest BCUT2D eigenvalue weighted by molar-refractivity contribution is 6.00. The molecule has 1 unspecified atom stereocenters. The molecule has 0 radical (unpaired) electrons. The van der Waals surface area contributed by atoms with Crippen molar-refractivity contribution in [2.75, 3.05) is 6.61 Å². The fraction of sp³-hybridized carbons (Fsp3) is 0.200. The zero-order valence-electron chi connectivity index (χ0n) is 24.2. The van der Waals surface area contributed by atoms with Crippen molar-refractivity contribution >= 4 is 5.91 Å². The summed E-state index contributed by atoms with van der Waals surface area (Å²) < 4.78 is 25.9. The highest BCUT2D eigenvalue weighted by Crippen LogP contribution is 2.47. The summed E-state index contributed by atoms with van der Waals surface area (Å²) in [6, 6.07) is 24.9. The molecule has 0 aliphatic carbocycles. The number of carbonyl (C=O) groups is 1. The maximum Gasteiger partial charge on any atom is 0.273 e. The minimum Gasteiger partial charge on any atom is -0.507 e. The third-order valence-electron chi connectivity index (χ3n) is 7.65. The normalized spacial score (nSPS) is 14.2. The van der Waals surface area contributed by atoms with Crippen molar-refractivity contribution in [3.63, 3.8) is 0 Å². The van der Waals surface area contributed by atoms with Crippen LogP contribution in [0.5, 0.6) is 17.2 Å². The maximum absolute atomic E-state index is 13.9. The zero-order chi connectivity index (χ0) is 30.1. The molecule has 7 nitrogen and oxygen atoms in total. The molecule has 0 fully saturated rings. The Labute approximate surface area is 249 Å². The number of halogens is 1. The van der Waals surface area contributed by atoms with E-state index in [1.54, 1.807) is 17.0 Å². The number of nitrogens with one attached hydrogen (secondary N) is 1. The van der Waals surface area contributed by atoms with Crippen molar-refractivity contribution < 1.29 is 23.8 Å². The van der Waals surface area contributed by atoms with Gasteiger partial charge in [-0.05, 0) is 78.9 Å². The molecule has 218 valence electrons. The lowest BCUT2D eigenvalue weighted by atomic mass is 9.93. The minimum absolute atomic E-state index is 0.114. The second-order valence-electron chi connectivity index (χ2n) is 10.7. The second-order valence-corrected chi connectivity index (χ2v) is 10.7. The van der Waals surface area contributed by atoms with Crippen LogP contribution in [0.15, 0.2) is 84.9 Å². The van der Waals surface area contributed by atoms with Gasteiger partial charge in [-0.2, -0.15) is 5.10 Å². The smallest absolute Gasteiger partial charge is 0.273 e. The maximum atomic E-state index is 13.9. The molecule has 0 saturated heterocycles. The van der Waals surface area contributed by atoms with Gasteiger partial charge in [0.25, 0.3) is 5.91 Å². The molecule has 0 bridgehead atoms. The Kier molecular flexibility index (Phi) is 7.59. The number of phenolic OH excluding ortho intramolecular Hbond substituents is 1. The summed E-state index contributed by atoms with van der Waals surface area (Å²) in [6.45, 7) is 6.73. The summed E-state index contributed by atoms with van der Waals surface area (Å²) in [5, 5.41) is 18.5. The molecule has 1 aromatic heterocycles. The van der Waals surface area contributed by atoms with Gasteiger partial charge in [-0.1, -0.05) is 54.6 Å². The number of ether oxygens (including phenoxy) is 2. The fourth-order valence-corrected chi connectivity index (χ4v) is 5.66. The monoisotopic (exact) mass is 577 g/mol. The third-order valence-corrected chi connectivity index (χ3v) is 7.65. The predicted molar refractivity (Wildman–Crippen MR) is 162 cm³/mol. The van der Waals surface area contributed by atoms with Crippen molar-refractivity contribution in [2.24, 2.45) is 0 Å². The lowest BCUT2D eigenvalue weighted by molar-refractivity contribution is 0.0729. The van der Waals surface area contributed by atoms with Crippen molar-refractivity contribution in [3.05, 3.63) is 130 Å². The molecule has 6 rings (SSSR count). The van der Waals surface area contributed by atoms with Crippen LogP contribution in [0.1, 0.15) is 56.8 Å². The van der Waals surface area contributed by atoms with E-state index in [-0.39, 0.29) is 24.0 Å². The van der Waals surface area contributed by atoms with Crippen LogP contribution >= 0.6 is 0 Å². The highest BCUT2D eigenvalue weighted by atomic mass is 19.1. The van der Waals surface area contributed by atoms with E-state index in [0.717, 1.165) is 22.3 Å². The van der Waals surface area contributed by atoms with Crippen LogP contribution in [-0.4, -0.2) is 32.7 Å². The minimum atomic E-state index is -0.566. The van der Waals surface area contributed by atoms with Crippen LogP contribution in [0.25, 0.3) is 11.3 Å². The van der Waals surface area contributed by atoms with Gasteiger partial charge in [0.1, 0.15) is 29.6 Å². The summed E-state index contributed by atoms with van der Waals surface area (Å²) in [5.74, 6) is 0.667. The van der Waals surface area contributed by atoms with Gasteiger partial charge >= 0.3 is 0 Å². The number of aryl methyl sites for hydroxylation is 2. The summed E-state index contributed by atoms with van der Waals surface area (Å²) in [7, 11) is 0. The number of fused-ring (bicyclic) bond motifs is 1. The van der Waals surface area contributed by atoms with E-state index in [1.807, 2.05) is 81.4 Å². The average Bonchev–Trinajstić information content (AvgIpc) is 3.54. The predicted octanol–water partition coefficient (Wildman–Crippen LogP) is 7.26. The molecule has 2 heterocycles. The third kappa shape index (κ3) is 5.44. The van der Waals surface area contributed by atoms with Crippen molar-refractivity contribution in [3.8, 4) is 28.5 Å². The van der Waals surface area contributed by atoms with Gasteiger partial charge in [0.15, 0.2) is 11.5 Å². The van der Waals surface area contributed by atoms with Gasteiger partial charge in [0.05, 0.1) is 12.6 Å². The Morgan fingerprint density at radius 2 is 1.70 bits per heavy atom. The van der Waals surface area contributed by atoms with E-state index < -0.39 is 6.04 Å². The van der Waals surface area contributed by atoms with Gasteiger partial charge in [-0.25, -0.2) is 4.39 Å². The van der Waals surface area contributed by atoms with Crippen LogP contribution in [-0.2, 0) is 13.2 Å². The number of H-pyrrole nitrogens is 1. The Morgan fingerprint density at radius 3 is 2.44 bits per heavy atom. The van der Waals surface area contributed by atoms with E-state index in [0.29, 0.717) is 52.8 Å². The van der Waals surface area contributed by atoms with Crippen molar-refractivity contribution in [1.29, 1.82) is 0 Å². The fourth-order valence-electron chi connectivity index (χ4n) is 5.66. The summed E-state index contributed by atoms with van der Waals surface area (Å²) in [4.78, 5) is 15.6. The van der Waals surface area contributed by atoms with E-state index >= 15 is 0 Å². The Bertz CT molecular complexity index is 1780. The number of aromatic hydroxyl groups is 1. The quantitative estimate of drug-likeness (QED) is 0.193. The van der Waals surface area contributed by atoms with E-state index in [4.69, 9.17) is 9.47 Å². The molecule has 43 heavy (non-hydrogen) atoms. The van der Waals surface area contributed by atoms with Crippen LogP contribution in [0.4, 0.5) is 4.39 Å². The van der Waals surface area contributed by atoms with Crippen LogP contribution in [0.2, 0.25) is 0 Å². The molecular weight excluding hydrogens is 545 g/mol. The first kappa shape index (κ1) is 28.0. The number of benzene rings is 4. The molecule has 0 saturated carbocycles. The Hall–Kier alpha value is -5.11. The number of nitrogens with zero attached hydrogens (tertiary/aromatic N) is 2. The number of rotatable bonds is 9. The summed E-state index contributed by atoms with van der Waals surface area (Å²) >= 11 is 0. The van der Waals surface area contributed by atoms with Gasteiger partial charge in [0.2, 0.25) is 0 Å². The Morgan fingerprint density at radius 1 is 0.930 bits per heavy atom. The Balaban J connectivity index is 1.45. The number of hydrogen-bond acceptors (Lipinski definition) is 5. The van der Waals surface area contributed by atoms with Gasteiger partial charge < -0.3 is 19.5 Å². The molecule has 2 N–H and O–H groups in total. The molecule has 4 aromatic carbocycles. The van der Waals surface area contributed by atoms with Gasteiger partial charge in [-0.3, -0.25) is 9.89 Å². The molecule has 1 atom stereocenters. The molecule has 1 amide bonds. The largest absolute Gasteiger partial charge is 0.507 e. The first-order valence-electron chi connectivity index (χ1n) is 14.2. The molecule has 8 heteroatoms. The lowest BCUT2D eigenvalue weighted by Crippen LogP contribution is -2.29. The van der Waals surface area contributed by atoms with Crippen molar-refractivity contribution in [1.82, 2.24) is 15.1 Å². The summed E-state index contributed by atoms with van der Waals surface area (Å²) in [5.41, 5.74) is 6.33. The average molecular weight is 578 g/mol.